The van der Waals surface area contributed by atoms with Crippen molar-refractivity contribution >= 4 is 46.9 Å². The molecular formula is C25H36Cl2FN3O5. The van der Waals surface area contributed by atoms with Crippen molar-refractivity contribution in [2.45, 2.75) is 72.1 Å². The largest absolute Gasteiger partial charge is 0.445 e. The summed E-state index contributed by atoms with van der Waals surface area (Å²) in [4.78, 5) is 50.5. The van der Waals surface area contributed by atoms with Crippen LogP contribution in [0.25, 0.3) is 0 Å². The van der Waals surface area contributed by atoms with Gasteiger partial charge in [0.1, 0.15) is 18.8 Å². The van der Waals surface area contributed by atoms with Crippen molar-refractivity contribution in [3.63, 3.8) is 0 Å². The van der Waals surface area contributed by atoms with Gasteiger partial charge in [0.15, 0.2) is 5.78 Å². The maximum atomic E-state index is 12.8. The lowest BCUT2D eigenvalue weighted by Crippen LogP contribution is -2.62. The molecule has 0 aliphatic carbocycles. The second kappa shape index (κ2) is 15.0. The Kier molecular flexibility index (Phi) is 13.2. The molecule has 0 spiro atoms. The standard InChI is InChI=1S/C19H23Cl2FN2O4.C6H13NO/c1-12(16(25)10-22)23-17(26)19(2)7-3-4-8-24(19)18(27)28-11-13-5-6-14(20)15(21)9-13;1-4-7(5-2)6(3)8/h5-6,9,12H,3-4,7-8,10-11H2,1-2H3,(H,23,26);4-5H2,1-3H3. The Morgan fingerprint density at radius 1 is 1.17 bits per heavy atom. The number of ether oxygens (including phenoxy) is 1. The maximum absolute atomic E-state index is 12.8. The summed E-state index contributed by atoms with van der Waals surface area (Å²) >= 11 is 11.8. The molecule has 3 amide bonds. The number of nitrogens with zero attached hydrogens (tertiary/aromatic N) is 2. The van der Waals surface area contributed by atoms with Gasteiger partial charge in [-0.25, -0.2) is 9.18 Å². The third kappa shape index (κ3) is 8.92. The minimum absolute atomic E-state index is 0.0271. The van der Waals surface area contributed by atoms with Crippen LogP contribution in [0.2, 0.25) is 10.0 Å². The number of carbonyl (C=O) groups is 4. The van der Waals surface area contributed by atoms with E-state index >= 15 is 0 Å². The molecule has 0 bridgehead atoms. The van der Waals surface area contributed by atoms with Crippen LogP contribution < -0.4 is 5.32 Å². The van der Waals surface area contributed by atoms with E-state index in [1.165, 1.54) is 11.8 Å². The van der Waals surface area contributed by atoms with Crippen LogP contribution in [0.4, 0.5) is 9.18 Å². The molecule has 1 aliphatic rings. The number of benzene rings is 1. The van der Waals surface area contributed by atoms with Crippen LogP contribution in [-0.4, -0.2) is 71.4 Å². The molecule has 1 N–H and O–H groups in total. The van der Waals surface area contributed by atoms with Gasteiger partial charge in [0, 0.05) is 26.6 Å². The molecule has 1 heterocycles. The number of likely N-dealkylation sites (tertiary alicyclic amines) is 1. The number of Topliss-reactive ketones (excluding diaryl/α,β-unsaturated/α-hetero) is 1. The molecule has 0 radical (unpaired) electrons. The van der Waals surface area contributed by atoms with Crippen LogP contribution in [0.3, 0.4) is 0 Å². The van der Waals surface area contributed by atoms with Crippen molar-refractivity contribution in [2.24, 2.45) is 0 Å². The second-order valence-electron chi connectivity index (χ2n) is 8.67. The highest BCUT2D eigenvalue weighted by atomic mass is 35.5. The number of hydrogen-bond acceptors (Lipinski definition) is 5. The van der Waals surface area contributed by atoms with Crippen molar-refractivity contribution in [2.75, 3.05) is 26.3 Å². The fraction of sp³-hybridized carbons (Fsp3) is 0.600. The lowest BCUT2D eigenvalue weighted by atomic mass is 9.87. The van der Waals surface area contributed by atoms with E-state index in [4.69, 9.17) is 27.9 Å². The van der Waals surface area contributed by atoms with Crippen LogP contribution in [0.1, 0.15) is 59.4 Å². The number of carbonyl (C=O) groups excluding carboxylic acids is 4. The third-order valence-corrected chi connectivity index (χ3v) is 6.86. The van der Waals surface area contributed by atoms with E-state index in [1.54, 1.807) is 36.9 Å². The average Bonchev–Trinajstić information content (AvgIpc) is 2.85. The predicted molar refractivity (Wildman–Crippen MR) is 138 cm³/mol. The highest BCUT2D eigenvalue weighted by Crippen LogP contribution is 2.30. The number of nitrogens with one attached hydrogen (secondary N) is 1. The number of ketones is 1. The van der Waals surface area contributed by atoms with Crippen molar-refractivity contribution in [1.82, 2.24) is 15.1 Å². The first-order valence-corrected chi connectivity index (χ1v) is 12.7. The summed E-state index contributed by atoms with van der Waals surface area (Å²) < 4.78 is 17.9. The molecule has 8 nitrogen and oxygen atoms in total. The number of rotatable bonds is 8. The van der Waals surface area contributed by atoms with Crippen LogP contribution in [0.15, 0.2) is 18.2 Å². The molecule has 0 aromatic heterocycles. The minimum Gasteiger partial charge on any atom is -0.445 e. The Hall–Kier alpha value is -2.39. The van der Waals surface area contributed by atoms with E-state index in [1.807, 2.05) is 13.8 Å². The highest BCUT2D eigenvalue weighted by molar-refractivity contribution is 6.42. The molecule has 2 atom stereocenters. The fourth-order valence-electron chi connectivity index (χ4n) is 3.72. The van der Waals surface area contributed by atoms with Crippen molar-refractivity contribution in [1.29, 1.82) is 0 Å². The van der Waals surface area contributed by atoms with Crippen LogP contribution in [0, 0.1) is 0 Å². The predicted octanol–water partition coefficient (Wildman–Crippen LogP) is 4.79. The Morgan fingerprint density at radius 2 is 1.81 bits per heavy atom. The number of alkyl halides is 1. The summed E-state index contributed by atoms with van der Waals surface area (Å²) in [7, 11) is 0. The topological polar surface area (TPSA) is 96.0 Å². The molecule has 0 saturated carbocycles. The molecule has 1 aliphatic heterocycles. The summed E-state index contributed by atoms with van der Waals surface area (Å²) in [5.74, 6) is -1.07. The maximum Gasteiger partial charge on any atom is 0.410 e. The fourth-order valence-corrected chi connectivity index (χ4v) is 4.04. The molecule has 1 fully saturated rings. The normalized spacial score (nSPS) is 17.8. The van der Waals surface area contributed by atoms with E-state index < -0.39 is 36.0 Å². The highest BCUT2D eigenvalue weighted by Gasteiger charge is 2.45. The molecule has 1 aromatic rings. The van der Waals surface area contributed by atoms with Crippen LogP contribution in [0.5, 0.6) is 0 Å². The Labute approximate surface area is 222 Å². The van der Waals surface area contributed by atoms with Crippen LogP contribution >= 0.6 is 23.2 Å². The summed E-state index contributed by atoms with van der Waals surface area (Å²) in [6.45, 7) is 9.39. The van der Waals surface area contributed by atoms with Gasteiger partial charge >= 0.3 is 6.09 Å². The summed E-state index contributed by atoms with van der Waals surface area (Å²) in [6.07, 6.45) is 1.24. The first-order valence-electron chi connectivity index (χ1n) is 11.9. The van der Waals surface area contributed by atoms with Gasteiger partial charge in [0.05, 0.1) is 16.1 Å². The number of halogens is 3. The van der Waals surface area contributed by atoms with Crippen LogP contribution in [-0.2, 0) is 25.7 Å². The van der Waals surface area contributed by atoms with E-state index in [2.05, 4.69) is 5.32 Å². The van der Waals surface area contributed by atoms with E-state index in [0.717, 1.165) is 25.9 Å². The summed E-state index contributed by atoms with van der Waals surface area (Å²) in [5, 5.41) is 3.25. The summed E-state index contributed by atoms with van der Waals surface area (Å²) in [5.41, 5.74) is -0.522. The zero-order chi connectivity index (χ0) is 27.5. The first kappa shape index (κ1) is 31.6. The van der Waals surface area contributed by atoms with Crippen molar-refractivity contribution < 1.29 is 28.3 Å². The van der Waals surface area contributed by atoms with Gasteiger partial charge < -0.3 is 15.0 Å². The second-order valence-corrected chi connectivity index (χ2v) is 9.49. The third-order valence-electron chi connectivity index (χ3n) is 6.12. The van der Waals surface area contributed by atoms with Gasteiger partial charge in [0.2, 0.25) is 11.8 Å². The van der Waals surface area contributed by atoms with Crippen molar-refractivity contribution in [3.8, 4) is 0 Å². The number of amides is 3. The van der Waals surface area contributed by atoms with Gasteiger partial charge in [-0.3, -0.25) is 19.3 Å². The van der Waals surface area contributed by atoms with Crippen molar-refractivity contribution in [3.05, 3.63) is 33.8 Å². The molecule has 2 unspecified atom stereocenters. The van der Waals surface area contributed by atoms with E-state index in [0.29, 0.717) is 28.6 Å². The van der Waals surface area contributed by atoms with Gasteiger partial charge in [-0.2, -0.15) is 0 Å². The molecule has 1 saturated heterocycles. The minimum atomic E-state index is -1.18. The molecule has 202 valence electrons. The first-order chi connectivity index (χ1) is 16.9. The van der Waals surface area contributed by atoms with E-state index in [-0.39, 0.29) is 12.5 Å². The Balaban J connectivity index is 0.000000697. The van der Waals surface area contributed by atoms with E-state index in [9.17, 15) is 23.6 Å². The Morgan fingerprint density at radius 3 is 2.31 bits per heavy atom. The molecule has 11 heteroatoms. The monoisotopic (exact) mass is 547 g/mol. The molecule has 36 heavy (non-hydrogen) atoms. The quantitative estimate of drug-likeness (QED) is 0.504. The summed E-state index contributed by atoms with van der Waals surface area (Å²) in [6, 6.07) is 3.93. The molecule has 2 rings (SSSR count). The number of hydrogen-bond donors (Lipinski definition) is 1. The lowest BCUT2D eigenvalue weighted by molar-refractivity contribution is -0.137. The molecule has 1 aromatic carbocycles. The lowest BCUT2D eigenvalue weighted by Gasteiger charge is -2.42. The number of piperidine rings is 1. The molecular weight excluding hydrogens is 512 g/mol. The average molecular weight is 548 g/mol. The van der Waals surface area contributed by atoms with Gasteiger partial charge in [-0.05, 0) is 64.7 Å². The Bertz CT molecular complexity index is 929. The SMILES string of the molecule is CC(NC(=O)C1(C)CCCCN1C(=O)OCc1ccc(Cl)c(Cl)c1)C(=O)CF.CCN(CC)C(C)=O. The van der Waals surface area contributed by atoms with Gasteiger partial charge in [-0.1, -0.05) is 29.3 Å². The zero-order valence-corrected chi connectivity index (χ0v) is 23.0. The van der Waals surface area contributed by atoms with Gasteiger partial charge in [-0.15, -0.1) is 0 Å². The van der Waals surface area contributed by atoms with Gasteiger partial charge in [0.25, 0.3) is 0 Å². The smallest absolute Gasteiger partial charge is 0.410 e. The zero-order valence-electron chi connectivity index (χ0n) is 21.5.